The number of rotatable bonds is 4. The van der Waals surface area contributed by atoms with Crippen LogP contribution in [-0.2, 0) is 6.42 Å². The second kappa shape index (κ2) is 8.14. The van der Waals surface area contributed by atoms with Crippen LogP contribution in [0.25, 0.3) is 11.3 Å². The van der Waals surface area contributed by atoms with E-state index in [1.165, 1.54) is 23.4 Å². The molecule has 0 fully saturated rings. The maximum absolute atomic E-state index is 12.2. The number of fused-ring (bicyclic) bond motifs is 1. The van der Waals surface area contributed by atoms with Crippen molar-refractivity contribution >= 4 is 39.1 Å². The minimum absolute atomic E-state index is 0. The molecule has 0 atom stereocenters. The Morgan fingerprint density at radius 1 is 1.08 bits per heavy atom. The van der Waals surface area contributed by atoms with Crippen molar-refractivity contribution in [3.63, 3.8) is 0 Å². The number of alkyl halides is 2. The number of aryl methyl sites for hydroxylation is 1. The number of benzene rings is 2. The van der Waals surface area contributed by atoms with Crippen LogP contribution in [0.3, 0.4) is 0 Å². The highest BCUT2D eigenvalue weighted by Crippen LogP contribution is 2.36. The lowest BCUT2D eigenvalue weighted by atomic mass is 10.0. The van der Waals surface area contributed by atoms with Crippen molar-refractivity contribution in [2.75, 3.05) is 11.4 Å². The van der Waals surface area contributed by atoms with E-state index >= 15 is 0 Å². The monoisotopic (exact) mass is 438 g/mol. The van der Waals surface area contributed by atoms with Gasteiger partial charge in [0.25, 0.3) is 0 Å². The van der Waals surface area contributed by atoms with Crippen LogP contribution in [0.15, 0.2) is 53.9 Å². The van der Waals surface area contributed by atoms with Gasteiger partial charge in [-0.15, -0.1) is 28.3 Å². The number of thiazole rings is 1. The van der Waals surface area contributed by atoms with Gasteiger partial charge in [-0.05, 0) is 48.7 Å². The maximum Gasteiger partial charge on any atom is 0.387 e. The van der Waals surface area contributed by atoms with E-state index in [4.69, 9.17) is 4.98 Å². The zero-order valence-electron chi connectivity index (χ0n) is 13.8. The fourth-order valence-corrected chi connectivity index (χ4v) is 3.93. The van der Waals surface area contributed by atoms with Crippen molar-refractivity contribution in [1.82, 2.24) is 4.98 Å². The Bertz CT molecular complexity index is 870. The first-order valence-corrected chi connectivity index (χ1v) is 8.95. The van der Waals surface area contributed by atoms with Crippen molar-refractivity contribution in [1.29, 1.82) is 0 Å². The molecule has 1 aliphatic heterocycles. The third-order valence-corrected chi connectivity index (χ3v) is 5.07. The van der Waals surface area contributed by atoms with E-state index in [1.54, 1.807) is 23.5 Å². The summed E-state index contributed by atoms with van der Waals surface area (Å²) in [6.07, 6.45) is 2.20. The minimum atomic E-state index is -2.81. The topological polar surface area (TPSA) is 25.4 Å². The van der Waals surface area contributed by atoms with Gasteiger partial charge in [-0.3, -0.25) is 0 Å². The molecule has 2 heterocycles. The molecule has 0 saturated carbocycles. The number of hydrogen-bond acceptors (Lipinski definition) is 4. The molecule has 0 aliphatic carbocycles. The molecule has 0 N–H and O–H groups in total. The molecule has 0 spiro atoms. The predicted octanol–water partition coefficient (Wildman–Crippen LogP) is 6.07. The number of hydrogen-bond donors (Lipinski definition) is 0. The van der Waals surface area contributed by atoms with E-state index in [-0.39, 0.29) is 22.7 Å². The first kappa shape index (κ1) is 18.8. The van der Waals surface area contributed by atoms with Crippen LogP contribution >= 0.6 is 28.3 Å². The normalized spacial score (nSPS) is 13.3. The third kappa shape index (κ3) is 3.88. The van der Waals surface area contributed by atoms with Crippen LogP contribution in [0.4, 0.5) is 19.6 Å². The van der Waals surface area contributed by atoms with Crippen molar-refractivity contribution in [2.24, 2.45) is 0 Å². The molecule has 136 valence electrons. The van der Waals surface area contributed by atoms with Gasteiger partial charge < -0.3 is 9.64 Å². The maximum atomic E-state index is 12.2. The summed E-state index contributed by atoms with van der Waals surface area (Å²) in [5.41, 5.74) is 4.29. The highest BCUT2D eigenvalue weighted by molar-refractivity contribution is 8.93. The van der Waals surface area contributed by atoms with Gasteiger partial charge in [0.2, 0.25) is 0 Å². The lowest BCUT2D eigenvalue weighted by Gasteiger charge is -2.28. The summed E-state index contributed by atoms with van der Waals surface area (Å²) >= 11 is 1.59. The van der Waals surface area contributed by atoms with Crippen LogP contribution in [0.5, 0.6) is 5.75 Å². The van der Waals surface area contributed by atoms with Gasteiger partial charge in [-0.2, -0.15) is 8.78 Å². The summed E-state index contributed by atoms with van der Waals surface area (Å²) in [5.74, 6) is 0.152. The Morgan fingerprint density at radius 2 is 1.85 bits per heavy atom. The van der Waals surface area contributed by atoms with Gasteiger partial charge in [0.05, 0.1) is 5.69 Å². The standard InChI is InChI=1S/C19H16F2N2OS.BrH/c20-18(21)24-15-9-7-13(8-10-15)16-12-25-19(22-16)23-11-3-5-14-4-1-2-6-17(14)23;/h1-2,4,6-10,12,18H,3,5,11H2;1H. The lowest BCUT2D eigenvalue weighted by Crippen LogP contribution is -2.24. The second-order valence-electron chi connectivity index (χ2n) is 5.80. The molecular weight excluding hydrogens is 422 g/mol. The number of para-hydroxylation sites is 1. The first-order valence-electron chi connectivity index (χ1n) is 8.07. The van der Waals surface area contributed by atoms with Crippen molar-refractivity contribution in [3.05, 3.63) is 59.5 Å². The molecule has 3 nitrogen and oxygen atoms in total. The molecule has 7 heteroatoms. The largest absolute Gasteiger partial charge is 0.435 e. The fraction of sp³-hybridized carbons (Fsp3) is 0.211. The van der Waals surface area contributed by atoms with E-state index in [0.717, 1.165) is 35.8 Å². The van der Waals surface area contributed by atoms with Crippen molar-refractivity contribution < 1.29 is 13.5 Å². The molecule has 2 aromatic carbocycles. The molecule has 0 bridgehead atoms. The van der Waals surface area contributed by atoms with Gasteiger partial charge in [0.1, 0.15) is 5.75 Å². The van der Waals surface area contributed by atoms with Crippen LogP contribution in [0.1, 0.15) is 12.0 Å². The highest BCUT2D eigenvalue weighted by atomic mass is 79.9. The molecule has 3 aromatic rings. The summed E-state index contributed by atoms with van der Waals surface area (Å²) in [6, 6.07) is 15.0. The summed E-state index contributed by atoms with van der Waals surface area (Å²) in [7, 11) is 0. The molecule has 26 heavy (non-hydrogen) atoms. The predicted molar refractivity (Wildman–Crippen MR) is 106 cm³/mol. The zero-order valence-corrected chi connectivity index (χ0v) is 16.3. The second-order valence-corrected chi connectivity index (χ2v) is 6.64. The van der Waals surface area contributed by atoms with Gasteiger partial charge in [0, 0.05) is 23.2 Å². The average molecular weight is 439 g/mol. The molecule has 1 aromatic heterocycles. The van der Waals surface area contributed by atoms with Crippen molar-refractivity contribution in [3.8, 4) is 17.0 Å². The Morgan fingerprint density at radius 3 is 2.62 bits per heavy atom. The van der Waals surface area contributed by atoms with Crippen LogP contribution in [0.2, 0.25) is 0 Å². The molecule has 1 aliphatic rings. The van der Waals surface area contributed by atoms with Crippen LogP contribution < -0.4 is 9.64 Å². The zero-order chi connectivity index (χ0) is 17.2. The molecule has 0 radical (unpaired) electrons. The number of aromatic nitrogens is 1. The third-order valence-electron chi connectivity index (χ3n) is 4.21. The Balaban J connectivity index is 0.00000196. The summed E-state index contributed by atoms with van der Waals surface area (Å²) in [6.45, 7) is -1.86. The van der Waals surface area contributed by atoms with E-state index in [1.807, 2.05) is 11.4 Å². The van der Waals surface area contributed by atoms with E-state index in [9.17, 15) is 8.78 Å². The van der Waals surface area contributed by atoms with Crippen LogP contribution in [-0.4, -0.2) is 18.1 Å². The Hall–Kier alpha value is -1.99. The smallest absolute Gasteiger partial charge is 0.387 e. The SMILES string of the molecule is Br.FC(F)Oc1ccc(-c2csc(N3CCCc4ccccc43)n2)cc1. The van der Waals surface area contributed by atoms with Crippen molar-refractivity contribution in [2.45, 2.75) is 19.5 Å². The average Bonchev–Trinajstić information content (AvgIpc) is 3.11. The lowest BCUT2D eigenvalue weighted by molar-refractivity contribution is -0.0498. The van der Waals surface area contributed by atoms with E-state index < -0.39 is 6.61 Å². The molecule has 0 unspecified atom stereocenters. The fourth-order valence-electron chi connectivity index (χ4n) is 3.06. The van der Waals surface area contributed by atoms with Gasteiger partial charge >= 0.3 is 6.61 Å². The highest BCUT2D eigenvalue weighted by Gasteiger charge is 2.20. The first-order chi connectivity index (χ1) is 12.2. The van der Waals surface area contributed by atoms with Gasteiger partial charge in [-0.25, -0.2) is 4.98 Å². The van der Waals surface area contributed by atoms with E-state index in [2.05, 4.69) is 27.8 Å². The minimum Gasteiger partial charge on any atom is -0.435 e. The molecule has 4 rings (SSSR count). The number of anilines is 2. The molecule has 0 amide bonds. The Labute approximate surface area is 165 Å². The Kier molecular flexibility index (Phi) is 5.88. The van der Waals surface area contributed by atoms with E-state index in [0.29, 0.717) is 0 Å². The molecular formula is C19H17BrF2N2OS. The number of halogens is 3. The molecule has 0 saturated heterocycles. The quantitative estimate of drug-likeness (QED) is 0.493. The van der Waals surface area contributed by atoms with Gasteiger partial charge in [-0.1, -0.05) is 18.2 Å². The number of ether oxygens (including phenoxy) is 1. The van der Waals surface area contributed by atoms with Crippen LogP contribution in [0, 0.1) is 0 Å². The van der Waals surface area contributed by atoms with Gasteiger partial charge in [0.15, 0.2) is 5.13 Å². The summed E-state index contributed by atoms with van der Waals surface area (Å²) < 4.78 is 28.9. The summed E-state index contributed by atoms with van der Waals surface area (Å²) in [4.78, 5) is 7.00. The summed E-state index contributed by atoms with van der Waals surface area (Å²) in [5, 5.41) is 2.95. The number of nitrogens with zero attached hydrogens (tertiary/aromatic N) is 2.